The highest BCUT2D eigenvalue weighted by Crippen LogP contribution is 2.21. The van der Waals surface area contributed by atoms with Crippen molar-refractivity contribution in [2.24, 2.45) is 5.73 Å². The van der Waals surface area contributed by atoms with Crippen molar-refractivity contribution in [3.05, 3.63) is 34.9 Å². The first-order valence-corrected chi connectivity index (χ1v) is 5.10. The Morgan fingerprint density at radius 1 is 1.36 bits per heavy atom. The van der Waals surface area contributed by atoms with Crippen LogP contribution in [0.1, 0.15) is 25.5 Å². The summed E-state index contributed by atoms with van der Waals surface area (Å²) in [6, 6.07) is 7.44. The van der Waals surface area contributed by atoms with Gasteiger partial charge in [-0.3, -0.25) is 0 Å². The lowest BCUT2D eigenvalue weighted by Crippen LogP contribution is -2.19. The van der Waals surface area contributed by atoms with Crippen molar-refractivity contribution in [3.63, 3.8) is 0 Å². The van der Waals surface area contributed by atoms with Gasteiger partial charge in [0.15, 0.2) is 0 Å². The van der Waals surface area contributed by atoms with Crippen LogP contribution in [0.5, 0.6) is 0 Å². The second kappa shape index (κ2) is 5.35. The van der Waals surface area contributed by atoms with Crippen LogP contribution in [-0.2, 0) is 4.74 Å². The van der Waals surface area contributed by atoms with Crippen LogP contribution >= 0.6 is 11.6 Å². The highest BCUT2D eigenvalue weighted by molar-refractivity contribution is 6.31. The van der Waals surface area contributed by atoms with Crippen molar-refractivity contribution >= 4 is 11.6 Å². The standard InChI is InChI=1S/C11H16ClNO/c1-8(2)14-7-11(13)9-5-3-4-6-10(9)12/h3-6,8,11H,7,13H2,1-2H3. The molecule has 78 valence electrons. The minimum Gasteiger partial charge on any atom is -0.377 e. The fourth-order valence-electron chi connectivity index (χ4n) is 1.16. The van der Waals surface area contributed by atoms with Crippen LogP contribution in [0.2, 0.25) is 5.02 Å². The molecule has 0 aliphatic heterocycles. The molecule has 0 aromatic heterocycles. The summed E-state index contributed by atoms with van der Waals surface area (Å²) in [6.07, 6.45) is 0.198. The normalized spacial score (nSPS) is 13.2. The molecule has 0 spiro atoms. The quantitative estimate of drug-likeness (QED) is 0.835. The maximum Gasteiger partial charge on any atom is 0.0663 e. The lowest BCUT2D eigenvalue weighted by atomic mass is 10.1. The summed E-state index contributed by atoms with van der Waals surface area (Å²) < 4.78 is 5.43. The van der Waals surface area contributed by atoms with E-state index in [1.54, 1.807) is 0 Å². The van der Waals surface area contributed by atoms with Gasteiger partial charge in [-0.05, 0) is 25.5 Å². The van der Waals surface area contributed by atoms with Crippen molar-refractivity contribution in [3.8, 4) is 0 Å². The predicted molar refractivity (Wildman–Crippen MR) is 59.5 cm³/mol. The van der Waals surface area contributed by atoms with Crippen molar-refractivity contribution in [2.75, 3.05) is 6.61 Å². The zero-order chi connectivity index (χ0) is 10.6. The average Bonchev–Trinajstić information content (AvgIpc) is 2.15. The summed E-state index contributed by atoms with van der Waals surface area (Å²) in [4.78, 5) is 0. The molecule has 0 amide bonds. The second-order valence-electron chi connectivity index (χ2n) is 3.51. The number of nitrogens with two attached hydrogens (primary N) is 1. The lowest BCUT2D eigenvalue weighted by molar-refractivity contribution is 0.0683. The SMILES string of the molecule is CC(C)OCC(N)c1ccccc1Cl. The molecule has 14 heavy (non-hydrogen) atoms. The van der Waals surface area contributed by atoms with E-state index < -0.39 is 0 Å². The zero-order valence-electron chi connectivity index (χ0n) is 8.53. The van der Waals surface area contributed by atoms with E-state index in [0.29, 0.717) is 11.6 Å². The fraction of sp³-hybridized carbons (Fsp3) is 0.455. The zero-order valence-corrected chi connectivity index (χ0v) is 9.29. The molecule has 1 rings (SSSR count). The van der Waals surface area contributed by atoms with E-state index in [4.69, 9.17) is 22.1 Å². The summed E-state index contributed by atoms with van der Waals surface area (Å²) in [6.45, 7) is 4.47. The van der Waals surface area contributed by atoms with Gasteiger partial charge in [0.25, 0.3) is 0 Å². The second-order valence-corrected chi connectivity index (χ2v) is 3.92. The van der Waals surface area contributed by atoms with Crippen LogP contribution in [-0.4, -0.2) is 12.7 Å². The summed E-state index contributed by atoms with van der Waals surface area (Å²) in [5.41, 5.74) is 6.87. The molecule has 2 N–H and O–H groups in total. The molecule has 0 aliphatic rings. The van der Waals surface area contributed by atoms with Gasteiger partial charge in [0.1, 0.15) is 0 Å². The van der Waals surface area contributed by atoms with Crippen molar-refractivity contribution in [1.82, 2.24) is 0 Å². The Kier molecular flexibility index (Phi) is 4.39. The third kappa shape index (κ3) is 3.29. The molecule has 1 aromatic carbocycles. The van der Waals surface area contributed by atoms with Gasteiger partial charge in [0.05, 0.1) is 18.8 Å². The van der Waals surface area contributed by atoms with Gasteiger partial charge in [0.2, 0.25) is 0 Å². The number of halogens is 1. The highest BCUT2D eigenvalue weighted by atomic mass is 35.5. The average molecular weight is 214 g/mol. The van der Waals surface area contributed by atoms with Crippen molar-refractivity contribution in [1.29, 1.82) is 0 Å². The summed E-state index contributed by atoms with van der Waals surface area (Å²) in [7, 11) is 0. The Balaban J connectivity index is 2.60. The predicted octanol–water partition coefficient (Wildman–Crippen LogP) is 2.76. The number of hydrogen-bond acceptors (Lipinski definition) is 2. The number of ether oxygens (including phenoxy) is 1. The molecular weight excluding hydrogens is 198 g/mol. The van der Waals surface area contributed by atoms with Gasteiger partial charge >= 0.3 is 0 Å². The molecule has 0 aliphatic carbocycles. The first-order valence-electron chi connectivity index (χ1n) is 4.73. The van der Waals surface area contributed by atoms with Gasteiger partial charge in [-0.1, -0.05) is 29.8 Å². The molecule has 0 saturated carbocycles. The Morgan fingerprint density at radius 2 is 2.00 bits per heavy atom. The molecule has 0 bridgehead atoms. The molecule has 0 heterocycles. The van der Waals surface area contributed by atoms with E-state index in [0.717, 1.165) is 5.56 Å². The van der Waals surface area contributed by atoms with Crippen LogP contribution in [0.15, 0.2) is 24.3 Å². The molecule has 0 radical (unpaired) electrons. The third-order valence-electron chi connectivity index (χ3n) is 1.91. The fourth-order valence-corrected chi connectivity index (χ4v) is 1.44. The van der Waals surface area contributed by atoms with Gasteiger partial charge in [-0.15, -0.1) is 0 Å². The molecule has 1 atom stereocenters. The molecule has 1 unspecified atom stereocenters. The molecule has 0 fully saturated rings. The van der Waals surface area contributed by atoms with Gasteiger partial charge in [0, 0.05) is 5.02 Å². The smallest absolute Gasteiger partial charge is 0.0663 e. The van der Waals surface area contributed by atoms with Crippen molar-refractivity contribution < 1.29 is 4.74 Å². The van der Waals surface area contributed by atoms with Gasteiger partial charge in [-0.2, -0.15) is 0 Å². The molecule has 2 nitrogen and oxygen atoms in total. The maximum absolute atomic E-state index is 6.00. The maximum atomic E-state index is 6.00. The summed E-state index contributed by atoms with van der Waals surface area (Å²) in [5.74, 6) is 0. The van der Waals surface area contributed by atoms with Crippen LogP contribution in [0, 0.1) is 0 Å². The topological polar surface area (TPSA) is 35.2 Å². The highest BCUT2D eigenvalue weighted by Gasteiger charge is 2.09. The van der Waals surface area contributed by atoms with E-state index in [1.807, 2.05) is 38.1 Å². The first-order chi connectivity index (χ1) is 6.61. The Bertz CT molecular complexity index is 288. The Morgan fingerprint density at radius 3 is 2.57 bits per heavy atom. The van der Waals surface area contributed by atoms with Crippen LogP contribution in [0.4, 0.5) is 0 Å². The monoisotopic (exact) mass is 213 g/mol. The summed E-state index contributed by atoms with van der Waals surface area (Å²) >= 11 is 6.00. The minimum atomic E-state index is -0.147. The molecule has 1 aromatic rings. The number of hydrogen-bond donors (Lipinski definition) is 1. The molecule has 0 saturated heterocycles. The van der Waals surface area contributed by atoms with Crippen molar-refractivity contribution in [2.45, 2.75) is 26.0 Å². The Hall–Kier alpha value is -0.570. The Labute approximate surface area is 90.0 Å². The third-order valence-corrected chi connectivity index (χ3v) is 2.26. The van der Waals surface area contributed by atoms with Crippen LogP contribution in [0.25, 0.3) is 0 Å². The van der Waals surface area contributed by atoms with Gasteiger partial charge in [-0.25, -0.2) is 0 Å². The van der Waals surface area contributed by atoms with E-state index in [9.17, 15) is 0 Å². The van der Waals surface area contributed by atoms with Crippen LogP contribution in [0.3, 0.4) is 0 Å². The number of benzene rings is 1. The number of rotatable bonds is 4. The first kappa shape index (κ1) is 11.5. The minimum absolute atomic E-state index is 0.147. The van der Waals surface area contributed by atoms with E-state index >= 15 is 0 Å². The molecular formula is C11H16ClNO. The van der Waals surface area contributed by atoms with E-state index in [-0.39, 0.29) is 12.1 Å². The lowest BCUT2D eigenvalue weighted by Gasteiger charge is -2.15. The largest absolute Gasteiger partial charge is 0.377 e. The summed E-state index contributed by atoms with van der Waals surface area (Å²) in [5, 5.41) is 0.701. The van der Waals surface area contributed by atoms with Crippen LogP contribution < -0.4 is 5.73 Å². The van der Waals surface area contributed by atoms with E-state index in [1.165, 1.54) is 0 Å². The van der Waals surface area contributed by atoms with E-state index in [2.05, 4.69) is 0 Å². The molecule has 3 heteroatoms. The van der Waals surface area contributed by atoms with Gasteiger partial charge < -0.3 is 10.5 Å².